The molecule has 2 N–H and O–H groups in total. The Morgan fingerprint density at radius 2 is 2.25 bits per heavy atom. The molecule has 0 bridgehead atoms. The van der Waals surface area contributed by atoms with Gasteiger partial charge in [0.15, 0.2) is 0 Å². The van der Waals surface area contributed by atoms with Crippen molar-refractivity contribution in [2.75, 3.05) is 30.1 Å². The van der Waals surface area contributed by atoms with Crippen molar-refractivity contribution < 1.29 is 8.95 Å². The summed E-state index contributed by atoms with van der Waals surface area (Å²) in [5, 5.41) is 0. The highest BCUT2D eigenvalue weighted by Crippen LogP contribution is 2.23. The van der Waals surface area contributed by atoms with E-state index in [2.05, 4.69) is 0 Å². The molecule has 0 saturated heterocycles. The van der Waals surface area contributed by atoms with Gasteiger partial charge in [0.05, 0.1) is 22.3 Å². The standard InChI is InChI=1S/C11H17NO2S2/c1-3-14-9-4-5-10(12)11(8-9)16(13)7-6-15-2/h4-5,8H,3,6-7,12H2,1-2H3. The maximum Gasteiger partial charge on any atom is 0.120 e. The Bertz CT molecular complexity index is 369. The van der Waals surface area contributed by atoms with E-state index in [9.17, 15) is 4.21 Å². The molecule has 0 heterocycles. The average molecular weight is 259 g/mol. The van der Waals surface area contributed by atoms with Gasteiger partial charge < -0.3 is 10.5 Å². The summed E-state index contributed by atoms with van der Waals surface area (Å²) in [5.41, 5.74) is 6.37. The van der Waals surface area contributed by atoms with Crippen LogP contribution in [-0.4, -0.2) is 28.6 Å². The van der Waals surface area contributed by atoms with Crippen molar-refractivity contribution in [3.8, 4) is 5.75 Å². The van der Waals surface area contributed by atoms with E-state index in [4.69, 9.17) is 10.5 Å². The largest absolute Gasteiger partial charge is 0.494 e. The summed E-state index contributed by atoms with van der Waals surface area (Å²) in [6.45, 7) is 2.52. The summed E-state index contributed by atoms with van der Waals surface area (Å²) in [6.07, 6.45) is 2.00. The average Bonchev–Trinajstić information content (AvgIpc) is 2.29. The maximum atomic E-state index is 11.9. The summed E-state index contributed by atoms with van der Waals surface area (Å²) in [6, 6.07) is 5.32. The highest BCUT2D eigenvalue weighted by molar-refractivity contribution is 7.99. The van der Waals surface area contributed by atoms with E-state index >= 15 is 0 Å². The maximum absolute atomic E-state index is 11.9. The topological polar surface area (TPSA) is 52.3 Å². The lowest BCUT2D eigenvalue weighted by molar-refractivity contribution is 0.339. The van der Waals surface area contributed by atoms with Crippen molar-refractivity contribution in [3.05, 3.63) is 18.2 Å². The van der Waals surface area contributed by atoms with Gasteiger partial charge in [-0.2, -0.15) is 11.8 Å². The Morgan fingerprint density at radius 1 is 1.50 bits per heavy atom. The molecule has 0 amide bonds. The Labute approximate surface area is 103 Å². The SMILES string of the molecule is CCOc1ccc(N)c(S(=O)CCSC)c1. The van der Waals surface area contributed by atoms with Crippen molar-refractivity contribution in [2.45, 2.75) is 11.8 Å². The van der Waals surface area contributed by atoms with Gasteiger partial charge in [0.2, 0.25) is 0 Å². The van der Waals surface area contributed by atoms with Crippen LogP contribution >= 0.6 is 11.8 Å². The normalized spacial score (nSPS) is 12.4. The molecular weight excluding hydrogens is 242 g/mol. The number of benzene rings is 1. The second-order valence-corrected chi connectivity index (χ2v) is 5.70. The van der Waals surface area contributed by atoms with E-state index < -0.39 is 10.8 Å². The Balaban J connectivity index is 2.84. The van der Waals surface area contributed by atoms with Crippen LogP contribution in [0.25, 0.3) is 0 Å². The molecule has 1 aromatic carbocycles. The molecule has 1 unspecified atom stereocenters. The third-order valence-electron chi connectivity index (χ3n) is 2.01. The van der Waals surface area contributed by atoms with Gasteiger partial charge in [0.1, 0.15) is 5.75 Å². The zero-order chi connectivity index (χ0) is 12.0. The van der Waals surface area contributed by atoms with Gasteiger partial charge in [-0.15, -0.1) is 0 Å². The lowest BCUT2D eigenvalue weighted by Gasteiger charge is -2.08. The monoisotopic (exact) mass is 259 g/mol. The van der Waals surface area contributed by atoms with Crippen LogP contribution in [0.1, 0.15) is 6.92 Å². The van der Waals surface area contributed by atoms with Gasteiger partial charge in [-0.3, -0.25) is 4.21 Å². The number of nitrogens with two attached hydrogens (primary N) is 1. The highest BCUT2D eigenvalue weighted by atomic mass is 32.2. The number of ether oxygens (including phenoxy) is 1. The number of rotatable bonds is 6. The molecule has 16 heavy (non-hydrogen) atoms. The van der Waals surface area contributed by atoms with E-state index in [0.717, 1.165) is 11.5 Å². The van der Waals surface area contributed by atoms with Gasteiger partial charge in [-0.25, -0.2) is 0 Å². The molecule has 0 aliphatic rings. The molecule has 0 saturated carbocycles. The predicted molar refractivity (Wildman–Crippen MR) is 71.7 cm³/mol. The first kappa shape index (κ1) is 13.4. The van der Waals surface area contributed by atoms with Crippen LogP contribution in [0.5, 0.6) is 5.75 Å². The highest BCUT2D eigenvalue weighted by Gasteiger charge is 2.09. The number of nitrogen functional groups attached to an aromatic ring is 1. The van der Waals surface area contributed by atoms with Crippen LogP contribution in [0.15, 0.2) is 23.1 Å². The molecule has 90 valence electrons. The molecule has 0 spiro atoms. The Hall–Kier alpha value is -0.680. The number of hydrogen-bond acceptors (Lipinski definition) is 4. The summed E-state index contributed by atoms with van der Waals surface area (Å²) in [4.78, 5) is 0.681. The zero-order valence-corrected chi connectivity index (χ0v) is 11.2. The van der Waals surface area contributed by atoms with Gasteiger partial charge >= 0.3 is 0 Å². The van der Waals surface area contributed by atoms with Crippen LogP contribution in [0.4, 0.5) is 5.69 Å². The first-order valence-corrected chi connectivity index (χ1v) is 7.80. The smallest absolute Gasteiger partial charge is 0.120 e. The second-order valence-electron chi connectivity index (χ2n) is 3.18. The third-order valence-corrected chi connectivity index (χ3v) is 4.30. The van der Waals surface area contributed by atoms with Crippen LogP contribution in [-0.2, 0) is 10.8 Å². The first-order valence-electron chi connectivity index (χ1n) is 5.08. The third kappa shape index (κ3) is 3.72. The summed E-state index contributed by atoms with van der Waals surface area (Å²) >= 11 is 1.68. The fourth-order valence-corrected chi connectivity index (χ4v) is 3.31. The molecule has 1 atom stereocenters. The fraction of sp³-hybridized carbons (Fsp3) is 0.455. The van der Waals surface area contributed by atoms with Gasteiger partial charge in [0.25, 0.3) is 0 Å². The van der Waals surface area contributed by atoms with E-state index in [-0.39, 0.29) is 0 Å². The molecule has 1 aromatic rings. The minimum atomic E-state index is -1.03. The molecule has 0 fully saturated rings. The number of thioether (sulfide) groups is 1. The summed E-state index contributed by atoms with van der Waals surface area (Å²) in [7, 11) is -1.03. The molecule has 0 aromatic heterocycles. The van der Waals surface area contributed by atoms with E-state index in [1.807, 2.05) is 13.2 Å². The van der Waals surface area contributed by atoms with Crippen LogP contribution in [0.2, 0.25) is 0 Å². The number of anilines is 1. The molecular formula is C11H17NO2S2. The molecule has 0 aliphatic carbocycles. The van der Waals surface area contributed by atoms with Crippen molar-refractivity contribution in [2.24, 2.45) is 0 Å². The minimum Gasteiger partial charge on any atom is -0.494 e. The van der Waals surface area contributed by atoms with Crippen molar-refractivity contribution in [1.82, 2.24) is 0 Å². The lowest BCUT2D eigenvalue weighted by atomic mass is 10.3. The van der Waals surface area contributed by atoms with Gasteiger partial charge in [0, 0.05) is 17.2 Å². The fourth-order valence-electron chi connectivity index (χ4n) is 1.24. The Morgan fingerprint density at radius 3 is 2.88 bits per heavy atom. The van der Waals surface area contributed by atoms with Gasteiger partial charge in [-0.1, -0.05) is 0 Å². The molecule has 1 rings (SSSR count). The van der Waals surface area contributed by atoms with Crippen molar-refractivity contribution >= 4 is 28.2 Å². The first-order chi connectivity index (χ1) is 7.69. The zero-order valence-electron chi connectivity index (χ0n) is 9.56. The molecule has 0 radical (unpaired) electrons. The number of hydrogen-bond donors (Lipinski definition) is 1. The van der Waals surface area contributed by atoms with E-state index in [1.54, 1.807) is 30.0 Å². The predicted octanol–water partition coefficient (Wildman–Crippen LogP) is 2.14. The Kier molecular flexibility index (Phi) is 5.69. The van der Waals surface area contributed by atoms with E-state index in [1.165, 1.54) is 0 Å². The summed E-state index contributed by atoms with van der Waals surface area (Å²) in [5.74, 6) is 2.22. The van der Waals surface area contributed by atoms with Crippen LogP contribution < -0.4 is 10.5 Å². The molecule has 0 aliphatic heterocycles. The lowest BCUT2D eigenvalue weighted by Crippen LogP contribution is -2.04. The second kappa shape index (κ2) is 6.81. The van der Waals surface area contributed by atoms with Crippen LogP contribution in [0, 0.1) is 0 Å². The van der Waals surface area contributed by atoms with Crippen molar-refractivity contribution in [3.63, 3.8) is 0 Å². The van der Waals surface area contributed by atoms with Crippen molar-refractivity contribution in [1.29, 1.82) is 0 Å². The molecule has 3 nitrogen and oxygen atoms in total. The summed E-state index contributed by atoms with van der Waals surface area (Å²) < 4.78 is 17.3. The quantitative estimate of drug-likeness (QED) is 0.795. The van der Waals surface area contributed by atoms with Crippen LogP contribution in [0.3, 0.4) is 0 Å². The minimum absolute atomic E-state index is 0.572. The molecule has 5 heteroatoms. The van der Waals surface area contributed by atoms with E-state index in [0.29, 0.717) is 22.9 Å². The van der Waals surface area contributed by atoms with Gasteiger partial charge in [-0.05, 0) is 31.4 Å².